The van der Waals surface area contributed by atoms with Crippen LogP contribution in [0, 0.1) is 0 Å². The van der Waals surface area contributed by atoms with Crippen LogP contribution in [0.15, 0.2) is 36.4 Å². The zero-order valence-corrected chi connectivity index (χ0v) is 11.8. The molecule has 0 aliphatic carbocycles. The van der Waals surface area contributed by atoms with Crippen LogP contribution in [-0.2, 0) is 0 Å². The van der Waals surface area contributed by atoms with Gasteiger partial charge in [-0.15, -0.1) is 0 Å². The normalized spacial score (nSPS) is 26.8. The number of fused-ring (bicyclic) bond motifs is 1. The Hall–Kier alpha value is -1.54. The van der Waals surface area contributed by atoms with E-state index in [0.29, 0.717) is 18.0 Å². The van der Waals surface area contributed by atoms with E-state index in [9.17, 15) is 0 Å². The molecule has 2 aromatic rings. The van der Waals surface area contributed by atoms with Gasteiger partial charge in [0.25, 0.3) is 0 Å². The third-order valence-electron chi connectivity index (χ3n) is 4.30. The molecular weight excluding hydrogens is 234 g/mol. The van der Waals surface area contributed by atoms with Gasteiger partial charge in [-0.05, 0) is 37.3 Å². The summed E-state index contributed by atoms with van der Waals surface area (Å²) >= 11 is 0. The van der Waals surface area contributed by atoms with Crippen molar-refractivity contribution in [2.75, 3.05) is 7.11 Å². The summed E-state index contributed by atoms with van der Waals surface area (Å²) in [6.45, 7) is 4.55. The molecule has 1 aliphatic rings. The summed E-state index contributed by atoms with van der Waals surface area (Å²) in [5.41, 5.74) is 1.45. The van der Waals surface area contributed by atoms with Crippen molar-refractivity contribution < 1.29 is 4.74 Å². The van der Waals surface area contributed by atoms with Gasteiger partial charge in [0.15, 0.2) is 0 Å². The fourth-order valence-corrected chi connectivity index (χ4v) is 3.41. The molecule has 0 aromatic heterocycles. The highest BCUT2D eigenvalue weighted by atomic mass is 16.5. The number of methoxy groups -OCH3 is 1. The number of benzene rings is 2. The molecule has 0 saturated carbocycles. The lowest BCUT2D eigenvalue weighted by Crippen LogP contribution is -2.26. The van der Waals surface area contributed by atoms with Crippen molar-refractivity contribution >= 4 is 10.8 Å². The molecular formula is C17H21NO. The molecule has 3 atom stereocenters. The molecule has 0 radical (unpaired) electrons. The van der Waals surface area contributed by atoms with Crippen molar-refractivity contribution in [3.05, 3.63) is 42.0 Å². The molecule has 2 aromatic carbocycles. The second-order valence-corrected chi connectivity index (χ2v) is 5.60. The van der Waals surface area contributed by atoms with Crippen LogP contribution in [-0.4, -0.2) is 19.2 Å². The number of ether oxygens (including phenoxy) is 1. The Morgan fingerprint density at radius 3 is 2.42 bits per heavy atom. The zero-order chi connectivity index (χ0) is 13.4. The van der Waals surface area contributed by atoms with Crippen LogP contribution in [0.1, 0.15) is 31.7 Å². The van der Waals surface area contributed by atoms with E-state index in [1.807, 2.05) is 0 Å². The average Bonchev–Trinajstić information content (AvgIpc) is 2.76. The van der Waals surface area contributed by atoms with Gasteiger partial charge in [0, 0.05) is 23.4 Å². The van der Waals surface area contributed by atoms with Crippen molar-refractivity contribution in [3.63, 3.8) is 0 Å². The van der Waals surface area contributed by atoms with Crippen LogP contribution in [0.4, 0.5) is 0 Å². The highest BCUT2D eigenvalue weighted by Crippen LogP contribution is 2.37. The van der Waals surface area contributed by atoms with Crippen LogP contribution in [0.5, 0.6) is 5.75 Å². The summed E-state index contributed by atoms with van der Waals surface area (Å²) < 4.78 is 5.48. The second kappa shape index (κ2) is 4.86. The Morgan fingerprint density at radius 1 is 1.05 bits per heavy atom. The quantitative estimate of drug-likeness (QED) is 0.883. The Bertz CT molecular complexity index is 593. The molecule has 1 heterocycles. The van der Waals surface area contributed by atoms with Gasteiger partial charge < -0.3 is 10.1 Å². The van der Waals surface area contributed by atoms with Gasteiger partial charge >= 0.3 is 0 Å². The molecule has 0 amide bonds. The molecule has 1 saturated heterocycles. The first-order chi connectivity index (χ1) is 9.20. The average molecular weight is 255 g/mol. The summed E-state index contributed by atoms with van der Waals surface area (Å²) in [6, 6.07) is 14.0. The lowest BCUT2D eigenvalue weighted by atomic mass is 9.88. The molecule has 19 heavy (non-hydrogen) atoms. The Balaban J connectivity index is 2.15. The first-order valence-corrected chi connectivity index (χ1v) is 7.02. The third kappa shape index (κ3) is 2.10. The Morgan fingerprint density at radius 2 is 1.79 bits per heavy atom. The summed E-state index contributed by atoms with van der Waals surface area (Å²) in [5, 5.41) is 6.17. The molecule has 2 nitrogen and oxygen atoms in total. The maximum absolute atomic E-state index is 5.48. The highest BCUT2D eigenvalue weighted by molar-refractivity contribution is 5.91. The van der Waals surface area contributed by atoms with E-state index >= 15 is 0 Å². The number of hydrogen-bond acceptors (Lipinski definition) is 2. The van der Waals surface area contributed by atoms with Gasteiger partial charge in [-0.25, -0.2) is 0 Å². The van der Waals surface area contributed by atoms with Crippen molar-refractivity contribution in [1.29, 1.82) is 0 Å². The van der Waals surface area contributed by atoms with Gasteiger partial charge in [-0.1, -0.05) is 30.3 Å². The van der Waals surface area contributed by atoms with E-state index in [0.717, 1.165) is 5.75 Å². The molecule has 3 unspecified atom stereocenters. The lowest BCUT2D eigenvalue weighted by molar-refractivity contribution is 0.419. The number of nitrogens with one attached hydrogen (secondary N) is 1. The highest BCUT2D eigenvalue weighted by Gasteiger charge is 2.30. The van der Waals surface area contributed by atoms with Gasteiger partial charge in [0.1, 0.15) is 5.75 Å². The van der Waals surface area contributed by atoms with Crippen molar-refractivity contribution in [2.45, 2.75) is 38.3 Å². The number of rotatable bonds is 2. The van der Waals surface area contributed by atoms with E-state index in [1.165, 1.54) is 22.8 Å². The number of hydrogen-bond donors (Lipinski definition) is 1. The van der Waals surface area contributed by atoms with E-state index in [1.54, 1.807) is 7.11 Å². The van der Waals surface area contributed by atoms with E-state index in [2.05, 4.69) is 55.6 Å². The third-order valence-corrected chi connectivity index (χ3v) is 4.30. The fraction of sp³-hybridized carbons (Fsp3) is 0.412. The molecule has 1 fully saturated rings. The first-order valence-electron chi connectivity index (χ1n) is 7.02. The van der Waals surface area contributed by atoms with Gasteiger partial charge in [-0.2, -0.15) is 0 Å². The second-order valence-electron chi connectivity index (χ2n) is 5.60. The first kappa shape index (κ1) is 12.5. The van der Waals surface area contributed by atoms with Gasteiger partial charge in [0.05, 0.1) is 7.11 Å². The van der Waals surface area contributed by atoms with Crippen LogP contribution < -0.4 is 10.1 Å². The monoisotopic (exact) mass is 255 g/mol. The minimum atomic E-state index is 0.534. The van der Waals surface area contributed by atoms with Crippen LogP contribution in [0.25, 0.3) is 10.8 Å². The maximum Gasteiger partial charge on any atom is 0.126 e. The smallest absolute Gasteiger partial charge is 0.126 e. The molecule has 3 rings (SSSR count). The summed E-state index contributed by atoms with van der Waals surface area (Å²) in [4.78, 5) is 0. The molecule has 0 spiro atoms. The van der Waals surface area contributed by atoms with E-state index in [-0.39, 0.29) is 0 Å². The van der Waals surface area contributed by atoms with Gasteiger partial charge in [-0.3, -0.25) is 0 Å². The predicted octanol–water partition coefficient (Wildman–Crippen LogP) is 3.70. The zero-order valence-electron chi connectivity index (χ0n) is 11.8. The van der Waals surface area contributed by atoms with E-state index in [4.69, 9.17) is 4.74 Å². The summed E-state index contributed by atoms with van der Waals surface area (Å²) in [5.74, 6) is 1.55. The van der Waals surface area contributed by atoms with Crippen molar-refractivity contribution in [1.82, 2.24) is 5.32 Å². The molecule has 2 heteroatoms. The minimum absolute atomic E-state index is 0.534. The predicted molar refractivity (Wildman–Crippen MR) is 79.9 cm³/mol. The van der Waals surface area contributed by atoms with Gasteiger partial charge in [0.2, 0.25) is 0 Å². The Labute approximate surface area is 114 Å². The summed E-state index contributed by atoms with van der Waals surface area (Å²) in [7, 11) is 1.74. The lowest BCUT2D eigenvalue weighted by Gasteiger charge is -2.19. The van der Waals surface area contributed by atoms with Crippen molar-refractivity contribution in [2.24, 2.45) is 0 Å². The van der Waals surface area contributed by atoms with Crippen molar-refractivity contribution in [3.8, 4) is 5.75 Å². The molecule has 0 bridgehead atoms. The standard InChI is InChI=1S/C17H21NO/c1-11-10-16(12(2)18-11)14-8-9-17(19-3)15-7-5-4-6-13(14)15/h4-9,11-12,16,18H,10H2,1-3H3. The van der Waals surface area contributed by atoms with Crippen LogP contribution in [0.3, 0.4) is 0 Å². The maximum atomic E-state index is 5.48. The largest absolute Gasteiger partial charge is 0.496 e. The topological polar surface area (TPSA) is 21.3 Å². The van der Waals surface area contributed by atoms with Crippen LogP contribution in [0.2, 0.25) is 0 Å². The molecule has 100 valence electrons. The summed E-state index contributed by atoms with van der Waals surface area (Å²) in [6.07, 6.45) is 1.21. The SMILES string of the molecule is COc1ccc(C2CC(C)NC2C)c2ccccc12. The van der Waals surface area contributed by atoms with E-state index < -0.39 is 0 Å². The Kier molecular flexibility index (Phi) is 3.19. The minimum Gasteiger partial charge on any atom is -0.496 e. The molecule has 1 aliphatic heterocycles. The van der Waals surface area contributed by atoms with Crippen LogP contribution >= 0.6 is 0 Å². The molecule has 1 N–H and O–H groups in total. The fourth-order valence-electron chi connectivity index (χ4n) is 3.41.